The molecule has 1 aromatic heterocycles. The van der Waals surface area contributed by atoms with Crippen LogP contribution in [-0.2, 0) is 11.3 Å². The number of hydrogen-bond acceptors (Lipinski definition) is 3. The van der Waals surface area contributed by atoms with E-state index in [1.165, 1.54) is 0 Å². The van der Waals surface area contributed by atoms with Crippen LogP contribution in [-0.4, -0.2) is 44.8 Å². The lowest BCUT2D eigenvalue weighted by atomic mass is 10.1. The predicted octanol–water partition coefficient (Wildman–Crippen LogP) is 1.15. The Hall–Kier alpha value is -1.85. The highest BCUT2D eigenvalue weighted by Gasteiger charge is 2.29. The third-order valence-electron chi connectivity index (χ3n) is 3.46. The van der Waals surface area contributed by atoms with E-state index in [-0.39, 0.29) is 18.2 Å². The molecule has 6 nitrogen and oxygen atoms in total. The zero-order chi connectivity index (χ0) is 14.0. The molecule has 19 heavy (non-hydrogen) atoms. The fourth-order valence-corrected chi connectivity index (χ4v) is 2.55. The molecule has 0 bridgehead atoms. The van der Waals surface area contributed by atoms with Gasteiger partial charge in [-0.3, -0.25) is 14.3 Å². The summed E-state index contributed by atoms with van der Waals surface area (Å²) in [6.07, 6.45) is 0.896. The van der Waals surface area contributed by atoms with Crippen LogP contribution >= 0.6 is 0 Å². The maximum atomic E-state index is 12.4. The molecule has 1 N–H and O–H groups in total. The molecule has 1 aliphatic heterocycles. The van der Waals surface area contributed by atoms with Crippen molar-refractivity contribution in [3.8, 4) is 0 Å². The van der Waals surface area contributed by atoms with Gasteiger partial charge in [0.05, 0.1) is 5.69 Å². The van der Waals surface area contributed by atoms with Gasteiger partial charge < -0.3 is 10.0 Å². The van der Waals surface area contributed by atoms with Crippen LogP contribution in [0, 0.1) is 12.8 Å². The zero-order valence-electron chi connectivity index (χ0n) is 11.3. The Labute approximate surface area is 112 Å². The molecule has 0 spiro atoms. The van der Waals surface area contributed by atoms with Crippen molar-refractivity contribution in [2.75, 3.05) is 13.1 Å². The minimum Gasteiger partial charge on any atom is -0.481 e. The molecular weight excluding hydrogens is 246 g/mol. The van der Waals surface area contributed by atoms with Crippen LogP contribution in [0.4, 0.5) is 0 Å². The van der Waals surface area contributed by atoms with E-state index in [4.69, 9.17) is 5.11 Å². The molecule has 0 aliphatic carbocycles. The molecule has 2 rings (SSSR count). The Morgan fingerprint density at radius 2 is 2.26 bits per heavy atom. The Kier molecular flexibility index (Phi) is 3.87. The van der Waals surface area contributed by atoms with Crippen molar-refractivity contribution in [2.45, 2.75) is 33.2 Å². The number of carbonyl (C=O) groups excluding carboxylic acids is 1. The van der Waals surface area contributed by atoms with Gasteiger partial charge in [-0.05, 0) is 32.3 Å². The molecule has 104 valence electrons. The van der Waals surface area contributed by atoms with E-state index >= 15 is 0 Å². The Bertz CT molecular complexity index is 495. The van der Waals surface area contributed by atoms with E-state index in [0.29, 0.717) is 25.3 Å². The lowest BCUT2D eigenvalue weighted by molar-refractivity contribution is -0.138. The van der Waals surface area contributed by atoms with E-state index in [1.807, 2.05) is 13.8 Å². The number of aromatic nitrogens is 2. The van der Waals surface area contributed by atoms with Gasteiger partial charge in [0.1, 0.15) is 5.69 Å². The molecule has 0 radical (unpaired) electrons. The Morgan fingerprint density at radius 1 is 1.53 bits per heavy atom. The normalized spacial score (nSPS) is 18.8. The minimum absolute atomic E-state index is 0.0460. The number of aliphatic carboxylic acids is 1. The minimum atomic E-state index is -0.797. The van der Waals surface area contributed by atoms with Crippen LogP contribution in [0.3, 0.4) is 0 Å². The van der Waals surface area contributed by atoms with E-state index in [0.717, 1.165) is 12.1 Å². The summed E-state index contributed by atoms with van der Waals surface area (Å²) in [7, 11) is 0. The monoisotopic (exact) mass is 265 g/mol. The summed E-state index contributed by atoms with van der Waals surface area (Å²) in [6.45, 7) is 5.62. The van der Waals surface area contributed by atoms with Crippen molar-refractivity contribution < 1.29 is 14.7 Å². The number of hydrogen-bond donors (Lipinski definition) is 1. The summed E-state index contributed by atoms with van der Waals surface area (Å²) in [4.78, 5) is 24.8. The maximum Gasteiger partial charge on any atom is 0.303 e. The van der Waals surface area contributed by atoms with Crippen molar-refractivity contribution in [3.63, 3.8) is 0 Å². The van der Waals surface area contributed by atoms with Crippen molar-refractivity contribution >= 4 is 11.9 Å². The summed E-state index contributed by atoms with van der Waals surface area (Å²) in [5.41, 5.74) is 1.42. The van der Waals surface area contributed by atoms with Gasteiger partial charge in [-0.2, -0.15) is 5.10 Å². The zero-order valence-corrected chi connectivity index (χ0v) is 11.3. The summed E-state index contributed by atoms with van der Waals surface area (Å²) in [5.74, 6) is -0.773. The fourth-order valence-electron chi connectivity index (χ4n) is 2.55. The number of carbonyl (C=O) groups is 2. The highest BCUT2D eigenvalue weighted by molar-refractivity contribution is 5.93. The van der Waals surface area contributed by atoms with Crippen LogP contribution in [0.5, 0.6) is 0 Å². The van der Waals surface area contributed by atoms with E-state index in [9.17, 15) is 9.59 Å². The molecule has 2 heterocycles. The van der Waals surface area contributed by atoms with Crippen LogP contribution in [0.2, 0.25) is 0 Å². The van der Waals surface area contributed by atoms with E-state index in [2.05, 4.69) is 5.10 Å². The number of nitrogens with zero attached hydrogens (tertiary/aromatic N) is 3. The van der Waals surface area contributed by atoms with Crippen molar-refractivity contribution in [3.05, 3.63) is 17.5 Å². The number of carboxylic acids is 1. The molecule has 1 amide bonds. The topological polar surface area (TPSA) is 75.4 Å². The van der Waals surface area contributed by atoms with Gasteiger partial charge in [-0.1, -0.05) is 0 Å². The fraction of sp³-hybridized carbons (Fsp3) is 0.615. The Balaban J connectivity index is 2.06. The highest BCUT2D eigenvalue weighted by Crippen LogP contribution is 2.21. The van der Waals surface area contributed by atoms with E-state index < -0.39 is 5.97 Å². The largest absolute Gasteiger partial charge is 0.481 e. The lowest BCUT2D eigenvalue weighted by Crippen LogP contribution is -2.30. The van der Waals surface area contributed by atoms with Gasteiger partial charge in [0.15, 0.2) is 0 Å². The van der Waals surface area contributed by atoms with Gasteiger partial charge >= 0.3 is 5.97 Å². The number of likely N-dealkylation sites (tertiary alicyclic amines) is 1. The first-order chi connectivity index (χ1) is 9.01. The molecule has 1 aliphatic rings. The van der Waals surface area contributed by atoms with E-state index in [1.54, 1.807) is 15.6 Å². The first-order valence-corrected chi connectivity index (χ1v) is 6.56. The average Bonchev–Trinajstić information content (AvgIpc) is 2.94. The smallest absolute Gasteiger partial charge is 0.303 e. The second-order valence-corrected chi connectivity index (χ2v) is 4.99. The summed E-state index contributed by atoms with van der Waals surface area (Å²) in [5, 5.41) is 13.0. The van der Waals surface area contributed by atoms with Gasteiger partial charge in [0.25, 0.3) is 5.91 Å². The number of amides is 1. The van der Waals surface area contributed by atoms with Crippen molar-refractivity contribution in [2.24, 2.45) is 5.92 Å². The second kappa shape index (κ2) is 5.42. The molecule has 1 atom stereocenters. The third-order valence-corrected chi connectivity index (χ3v) is 3.46. The molecule has 1 fully saturated rings. The molecule has 1 aromatic rings. The first-order valence-electron chi connectivity index (χ1n) is 6.56. The number of carboxylic acid groups (broad SMARTS) is 1. The molecule has 1 saturated heterocycles. The summed E-state index contributed by atoms with van der Waals surface area (Å²) < 4.78 is 1.70. The quantitative estimate of drug-likeness (QED) is 0.886. The van der Waals surface area contributed by atoms with Gasteiger partial charge in [0.2, 0.25) is 0 Å². The third kappa shape index (κ3) is 2.94. The summed E-state index contributed by atoms with van der Waals surface area (Å²) in [6, 6.07) is 1.79. The molecule has 6 heteroatoms. The van der Waals surface area contributed by atoms with Gasteiger partial charge in [-0.25, -0.2) is 0 Å². The average molecular weight is 265 g/mol. The van der Waals surface area contributed by atoms with Gasteiger partial charge in [0, 0.05) is 26.1 Å². The molecular formula is C13H19N3O3. The predicted molar refractivity (Wildman–Crippen MR) is 68.9 cm³/mol. The summed E-state index contributed by atoms with van der Waals surface area (Å²) >= 11 is 0. The van der Waals surface area contributed by atoms with Gasteiger partial charge in [-0.15, -0.1) is 0 Å². The second-order valence-electron chi connectivity index (χ2n) is 4.99. The molecule has 1 unspecified atom stereocenters. The standard InChI is InChI=1S/C13H19N3O3/c1-3-16-11(6-9(2)14-16)13(19)15-5-4-10(8-15)7-12(17)18/h6,10H,3-5,7-8H2,1-2H3,(H,17,18). The van der Waals surface area contributed by atoms with Crippen molar-refractivity contribution in [1.82, 2.24) is 14.7 Å². The SMILES string of the molecule is CCn1nc(C)cc1C(=O)N1CCC(CC(=O)O)C1. The molecule has 0 aromatic carbocycles. The molecule has 0 saturated carbocycles. The number of rotatable bonds is 4. The Morgan fingerprint density at radius 3 is 2.89 bits per heavy atom. The van der Waals surface area contributed by atoms with Crippen LogP contribution in [0.15, 0.2) is 6.07 Å². The van der Waals surface area contributed by atoms with Crippen LogP contribution < -0.4 is 0 Å². The van der Waals surface area contributed by atoms with Crippen LogP contribution in [0.25, 0.3) is 0 Å². The number of aryl methyl sites for hydroxylation is 2. The van der Waals surface area contributed by atoms with Crippen molar-refractivity contribution in [1.29, 1.82) is 0 Å². The lowest BCUT2D eigenvalue weighted by Gasteiger charge is -2.16. The first kappa shape index (κ1) is 13.6. The highest BCUT2D eigenvalue weighted by atomic mass is 16.4. The van der Waals surface area contributed by atoms with Crippen LogP contribution in [0.1, 0.15) is 35.9 Å². The maximum absolute atomic E-state index is 12.4.